The molecule has 1 aromatic heterocycles. The first-order valence-electron chi connectivity index (χ1n) is 5.41. The summed E-state index contributed by atoms with van der Waals surface area (Å²) in [7, 11) is 0. The number of aromatic nitrogens is 1. The van der Waals surface area contributed by atoms with Crippen LogP contribution in [0.2, 0.25) is 0 Å². The Kier molecular flexibility index (Phi) is 3.98. The first kappa shape index (κ1) is 11.9. The minimum atomic E-state index is -0.0513. The average molecular weight is 293 g/mol. The SMILES string of the molecule is O=C(NCCn1cccc1)c1ccccc1Br. The molecular formula is C13H13BrN2O. The Morgan fingerprint density at radius 1 is 1.18 bits per heavy atom. The molecule has 1 aromatic carbocycles. The van der Waals surface area contributed by atoms with Gasteiger partial charge in [0.15, 0.2) is 0 Å². The lowest BCUT2D eigenvalue weighted by Gasteiger charge is -2.07. The number of carbonyl (C=O) groups is 1. The third kappa shape index (κ3) is 3.20. The molecule has 0 aliphatic carbocycles. The lowest BCUT2D eigenvalue weighted by molar-refractivity contribution is 0.0951. The summed E-state index contributed by atoms with van der Waals surface area (Å²) in [4.78, 5) is 11.8. The molecular weight excluding hydrogens is 280 g/mol. The molecule has 88 valence electrons. The fourth-order valence-electron chi connectivity index (χ4n) is 1.56. The van der Waals surface area contributed by atoms with E-state index in [9.17, 15) is 4.79 Å². The summed E-state index contributed by atoms with van der Waals surface area (Å²) in [6.45, 7) is 1.40. The van der Waals surface area contributed by atoms with Gasteiger partial charge in [-0.05, 0) is 40.2 Å². The summed E-state index contributed by atoms with van der Waals surface area (Å²) in [5.41, 5.74) is 0.667. The largest absolute Gasteiger partial charge is 0.353 e. The zero-order valence-corrected chi connectivity index (χ0v) is 10.9. The van der Waals surface area contributed by atoms with E-state index in [0.29, 0.717) is 12.1 Å². The molecule has 0 atom stereocenters. The Bertz CT molecular complexity index is 494. The molecule has 2 aromatic rings. The predicted molar refractivity (Wildman–Crippen MR) is 70.9 cm³/mol. The van der Waals surface area contributed by atoms with Crippen LogP contribution < -0.4 is 5.32 Å². The molecule has 0 aliphatic heterocycles. The van der Waals surface area contributed by atoms with Crippen LogP contribution in [0.3, 0.4) is 0 Å². The number of halogens is 1. The number of nitrogens with one attached hydrogen (secondary N) is 1. The van der Waals surface area contributed by atoms with Crippen LogP contribution in [0, 0.1) is 0 Å². The molecule has 2 rings (SSSR count). The lowest BCUT2D eigenvalue weighted by Crippen LogP contribution is -2.27. The fraction of sp³-hybridized carbons (Fsp3) is 0.154. The van der Waals surface area contributed by atoms with Gasteiger partial charge in [0, 0.05) is 30.0 Å². The van der Waals surface area contributed by atoms with Crippen molar-refractivity contribution in [3.05, 3.63) is 58.8 Å². The number of amides is 1. The van der Waals surface area contributed by atoms with Gasteiger partial charge in [-0.3, -0.25) is 4.79 Å². The molecule has 3 nitrogen and oxygen atoms in total. The van der Waals surface area contributed by atoms with E-state index in [1.807, 2.05) is 47.3 Å². The predicted octanol–water partition coefficient (Wildman–Crippen LogP) is 2.68. The van der Waals surface area contributed by atoms with Gasteiger partial charge in [-0.1, -0.05) is 12.1 Å². The Morgan fingerprint density at radius 3 is 2.59 bits per heavy atom. The standard InChI is InChI=1S/C13H13BrN2O/c14-12-6-2-1-5-11(12)13(17)15-7-10-16-8-3-4-9-16/h1-6,8-9H,7,10H2,(H,15,17). The van der Waals surface area contributed by atoms with Crippen molar-refractivity contribution in [3.8, 4) is 0 Å². The zero-order chi connectivity index (χ0) is 12.1. The van der Waals surface area contributed by atoms with Crippen molar-refractivity contribution < 1.29 is 4.79 Å². The third-order valence-electron chi connectivity index (χ3n) is 2.44. The minimum absolute atomic E-state index is 0.0513. The van der Waals surface area contributed by atoms with Gasteiger partial charge in [0.05, 0.1) is 5.56 Å². The maximum Gasteiger partial charge on any atom is 0.252 e. The van der Waals surface area contributed by atoms with Gasteiger partial charge < -0.3 is 9.88 Å². The highest BCUT2D eigenvalue weighted by atomic mass is 79.9. The van der Waals surface area contributed by atoms with Crippen LogP contribution in [0.4, 0.5) is 0 Å². The number of benzene rings is 1. The topological polar surface area (TPSA) is 34.0 Å². The van der Waals surface area contributed by atoms with Crippen LogP contribution >= 0.6 is 15.9 Å². The Balaban J connectivity index is 1.88. The molecule has 4 heteroatoms. The second kappa shape index (κ2) is 5.68. The van der Waals surface area contributed by atoms with E-state index in [1.165, 1.54) is 0 Å². The van der Waals surface area contributed by atoms with Gasteiger partial charge in [0.1, 0.15) is 0 Å². The summed E-state index contributed by atoms with van der Waals surface area (Å²) in [5, 5.41) is 2.89. The average Bonchev–Trinajstić information content (AvgIpc) is 2.82. The first-order valence-corrected chi connectivity index (χ1v) is 6.20. The summed E-state index contributed by atoms with van der Waals surface area (Å²) < 4.78 is 2.85. The van der Waals surface area contributed by atoms with Crippen LogP contribution in [-0.2, 0) is 6.54 Å². The smallest absolute Gasteiger partial charge is 0.252 e. The van der Waals surface area contributed by atoms with Crippen molar-refractivity contribution in [2.45, 2.75) is 6.54 Å². The second-order valence-electron chi connectivity index (χ2n) is 3.66. The number of nitrogens with zero attached hydrogens (tertiary/aromatic N) is 1. The molecule has 0 saturated heterocycles. The molecule has 1 amide bonds. The van der Waals surface area contributed by atoms with Gasteiger partial charge in [-0.2, -0.15) is 0 Å². The highest BCUT2D eigenvalue weighted by molar-refractivity contribution is 9.10. The van der Waals surface area contributed by atoms with Crippen molar-refractivity contribution in [1.29, 1.82) is 0 Å². The van der Waals surface area contributed by atoms with Crippen LogP contribution in [0.25, 0.3) is 0 Å². The number of hydrogen-bond donors (Lipinski definition) is 1. The van der Waals surface area contributed by atoms with Gasteiger partial charge in [-0.15, -0.1) is 0 Å². The van der Waals surface area contributed by atoms with E-state index in [0.717, 1.165) is 11.0 Å². The van der Waals surface area contributed by atoms with Gasteiger partial charge >= 0.3 is 0 Å². The van der Waals surface area contributed by atoms with E-state index in [4.69, 9.17) is 0 Å². The minimum Gasteiger partial charge on any atom is -0.353 e. The van der Waals surface area contributed by atoms with E-state index in [2.05, 4.69) is 21.2 Å². The fourth-order valence-corrected chi connectivity index (χ4v) is 2.02. The van der Waals surface area contributed by atoms with Crippen LogP contribution in [0.1, 0.15) is 10.4 Å². The van der Waals surface area contributed by atoms with Crippen molar-refractivity contribution in [2.75, 3.05) is 6.54 Å². The van der Waals surface area contributed by atoms with Gasteiger partial charge in [-0.25, -0.2) is 0 Å². The third-order valence-corrected chi connectivity index (χ3v) is 3.13. The van der Waals surface area contributed by atoms with Crippen molar-refractivity contribution >= 4 is 21.8 Å². The monoisotopic (exact) mass is 292 g/mol. The van der Waals surface area contributed by atoms with Gasteiger partial charge in [0.25, 0.3) is 5.91 Å². The molecule has 0 bridgehead atoms. The summed E-state index contributed by atoms with van der Waals surface area (Å²) in [5.74, 6) is -0.0513. The zero-order valence-electron chi connectivity index (χ0n) is 9.27. The molecule has 1 heterocycles. The van der Waals surface area contributed by atoms with Crippen molar-refractivity contribution in [1.82, 2.24) is 9.88 Å². The van der Waals surface area contributed by atoms with E-state index in [1.54, 1.807) is 6.07 Å². The van der Waals surface area contributed by atoms with Crippen LogP contribution in [-0.4, -0.2) is 17.0 Å². The van der Waals surface area contributed by atoms with E-state index in [-0.39, 0.29) is 5.91 Å². The molecule has 0 saturated carbocycles. The quantitative estimate of drug-likeness (QED) is 0.924. The number of rotatable bonds is 4. The Hall–Kier alpha value is -1.55. The molecule has 17 heavy (non-hydrogen) atoms. The molecule has 0 fully saturated rings. The van der Waals surface area contributed by atoms with E-state index < -0.39 is 0 Å². The highest BCUT2D eigenvalue weighted by Crippen LogP contribution is 2.15. The number of carbonyl (C=O) groups excluding carboxylic acids is 1. The number of hydrogen-bond acceptors (Lipinski definition) is 1. The summed E-state index contributed by atoms with van der Waals surface area (Å²) in [6.07, 6.45) is 3.95. The maximum absolute atomic E-state index is 11.8. The Labute approximate surface area is 109 Å². The molecule has 0 radical (unpaired) electrons. The Morgan fingerprint density at radius 2 is 1.88 bits per heavy atom. The summed E-state index contributed by atoms with van der Waals surface area (Å²) >= 11 is 3.36. The maximum atomic E-state index is 11.8. The summed E-state index contributed by atoms with van der Waals surface area (Å²) in [6, 6.07) is 11.3. The van der Waals surface area contributed by atoms with Crippen molar-refractivity contribution in [2.24, 2.45) is 0 Å². The molecule has 1 N–H and O–H groups in total. The molecule has 0 spiro atoms. The van der Waals surface area contributed by atoms with Crippen molar-refractivity contribution in [3.63, 3.8) is 0 Å². The molecule has 0 aliphatic rings. The normalized spacial score (nSPS) is 10.2. The van der Waals surface area contributed by atoms with E-state index >= 15 is 0 Å². The van der Waals surface area contributed by atoms with Crippen LogP contribution in [0.5, 0.6) is 0 Å². The second-order valence-corrected chi connectivity index (χ2v) is 4.51. The first-order chi connectivity index (χ1) is 8.27. The van der Waals surface area contributed by atoms with Gasteiger partial charge in [0.2, 0.25) is 0 Å². The molecule has 0 unspecified atom stereocenters. The lowest BCUT2D eigenvalue weighted by atomic mass is 10.2. The van der Waals surface area contributed by atoms with Crippen LogP contribution in [0.15, 0.2) is 53.3 Å². The highest BCUT2D eigenvalue weighted by Gasteiger charge is 2.07.